The van der Waals surface area contributed by atoms with E-state index in [1.807, 2.05) is 19.9 Å². The molecule has 8 nitrogen and oxygen atoms in total. The van der Waals surface area contributed by atoms with E-state index in [0.717, 1.165) is 4.88 Å². The SMILES string of the molecule is CCOC(=O)c1cc(C(C)C)sc1NC(=O)C(C#N)=Cc1ccc(OC(=O)c2cccs2)c(OCC)c1. The third-order valence-electron chi connectivity index (χ3n) is 4.91. The van der Waals surface area contributed by atoms with E-state index in [9.17, 15) is 19.6 Å². The maximum absolute atomic E-state index is 13.0. The van der Waals surface area contributed by atoms with Gasteiger partial charge in [-0.2, -0.15) is 5.26 Å². The lowest BCUT2D eigenvalue weighted by Gasteiger charge is -2.11. The van der Waals surface area contributed by atoms with Crippen molar-refractivity contribution in [1.82, 2.24) is 0 Å². The highest BCUT2D eigenvalue weighted by atomic mass is 32.1. The van der Waals surface area contributed by atoms with Gasteiger partial charge in [-0.05, 0) is 61.1 Å². The van der Waals surface area contributed by atoms with Gasteiger partial charge >= 0.3 is 11.9 Å². The second-order valence-electron chi connectivity index (χ2n) is 7.90. The molecule has 0 bridgehead atoms. The number of hydrogen-bond donors (Lipinski definition) is 1. The smallest absolute Gasteiger partial charge is 0.353 e. The highest BCUT2D eigenvalue weighted by Gasteiger charge is 2.22. The van der Waals surface area contributed by atoms with Crippen LogP contribution >= 0.6 is 22.7 Å². The molecule has 3 rings (SSSR count). The molecule has 3 aromatic rings. The zero-order chi connectivity index (χ0) is 26.9. The van der Waals surface area contributed by atoms with Crippen molar-refractivity contribution in [3.63, 3.8) is 0 Å². The summed E-state index contributed by atoms with van der Waals surface area (Å²) in [6.07, 6.45) is 1.39. The van der Waals surface area contributed by atoms with Gasteiger partial charge in [-0.1, -0.05) is 26.0 Å². The maximum atomic E-state index is 13.0. The van der Waals surface area contributed by atoms with Crippen LogP contribution in [0.5, 0.6) is 11.5 Å². The Morgan fingerprint density at radius 1 is 1.08 bits per heavy atom. The van der Waals surface area contributed by atoms with E-state index in [2.05, 4.69) is 5.32 Å². The van der Waals surface area contributed by atoms with Gasteiger partial charge in [0.2, 0.25) is 0 Å². The topological polar surface area (TPSA) is 115 Å². The molecule has 0 saturated carbocycles. The van der Waals surface area contributed by atoms with E-state index >= 15 is 0 Å². The largest absolute Gasteiger partial charge is 0.490 e. The Hall–Kier alpha value is -3.94. The van der Waals surface area contributed by atoms with E-state index in [4.69, 9.17) is 14.2 Å². The fourth-order valence-electron chi connectivity index (χ4n) is 3.15. The average Bonchev–Trinajstić information content (AvgIpc) is 3.55. The molecule has 0 unspecified atom stereocenters. The summed E-state index contributed by atoms with van der Waals surface area (Å²) in [5.41, 5.74) is 0.558. The first-order valence-electron chi connectivity index (χ1n) is 11.5. The molecule has 192 valence electrons. The van der Waals surface area contributed by atoms with Crippen molar-refractivity contribution in [3.8, 4) is 17.6 Å². The molecule has 10 heteroatoms. The summed E-state index contributed by atoms with van der Waals surface area (Å²) in [6.45, 7) is 7.95. The molecule has 0 aliphatic rings. The number of nitriles is 1. The number of hydrogen-bond acceptors (Lipinski definition) is 9. The van der Waals surface area contributed by atoms with Crippen molar-refractivity contribution in [1.29, 1.82) is 5.26 Å². The lowest BCUT2D eigenvalue weighted by atomic mass is 10.1. The fraction of sp³-hybridized carbons (Fsp3) is 0.259. The molecule has 0 fully saturated rings. The summed E-state index contributed by atoms with van der Waals surface area (Å²) in [5, 5.41) is 14.4. The van der Waals surface area contributed by atoms with Crippen LogP contribution in [0.25, 0.3) is 6.08 Å². The molecule has 1 N–H and O–H groups in total. The van der Waals surface area contributed by atoms with Crippen LogP contribution in [0, 0.1) is 11.3 Å². The highest BCUT2D eigenvalue weighted by molar-refractivity contribution is 7.16. The summed E-state index contributed by atoms with van der Waals surface area (Å²) in [4.78, 5) is 39.1. The van der Waals surface area contributed by atoms with Gasteiger partial charge in [-0.3, -0.25) is 4.79 Å². The zero-order valence-electron chi connectivity index (χ0n) is 20.8. The minimum Gasteiger partial charge on any atom is -0.490 e. The predicted molar refractivity (Wildman–Crippen MR) is 143 cm³/mol. The van der Waals surface area contributed by atoms with E-state index in [0.29, 0.717) is 27.8 Å². The number of rotatable bonds is 10. The molecule has 0 aliphatic carbocycles. The van der Waals surface area contributed by atoms with Gasteiger partial charge in [0.25, 0.3) is 5.91 Å². The maximum Gasteiger partial charge on any atom is 0.353 e. The molecule has 1 aromatic carbocycles. The number of benzene rings is 1. The Labute approximate surface area is 223 Å². The number of esters is 2. The van der Waals surface area contributed by atoms with Crippen LogP contribution in [-0.4, -0.2) is 31.1 Å². The van der Waals surface area contributed by atoms with Crippen LogP contribution in [0.1, 0.15) is 64.1 Å². The third-order valence-corrected chi connectivity index (χ3v) is 7.11. The predicted octanol–water partition coefficient (Wildman–Crippen LogP) is 6.27. The fourth-order valence-corrected chi connectivity index (χ4v) is 4.79. The zero-order valence-corrected chi connectivity index (χ0v) is 22.5. The molecular weight excluding hydrogens is 512 g/mol. The van der Waals surface area contributed by atoms with Crippen molar-refractivity contribution < 1.29 is 28.6 Å². The standard InChI is InChI=1S/C27H26N2O6S2/c1-5-33-21-13-17(9-10-20(21)35-27(32)22-8-7-11-36-22)12-18(15-28)24(30)29-25-19(26(31)34-6-2)14-23(37-25)16(3)4/h7-14,16H,5-6H2,1-4H3,(H,29,30). The first-order chi connectivity index (χ1) is 17.8. The third kappa shape index (κ3) is 7.06. The van der Waals surface area contributed by atoms with Crippen molar-refractivity contribution in [2.24, 2.45) is 0 Å². The second kappa shape index (κ2) is 12.9. The number of anilines is 1. The Morgan fingerprint density at radius 3 is 2.49 bits per heavy atom. The first kappa shape index (κ1) is 27.6. The number of nitrogens with one attached hydrogen (secondary N) is 1. The van der Waals surface area contributed by atoms with Crippen molar-refractivity contribution in [2.45, 2.75) is 33.6 Å². The average molecular weight is 539 g/mol. The lowest BCUT2D eigenvalue weighted by molar-refractivity contribution is -0.112. The molecule has 0 aliphatic heterocycles. The van der Waals surface area contributed by atoms with Crippen LogP contribution in [-0.2, 0) is 9.53 Å². The molecule has 2 aromatic heterocycles. The van der Waals surface area contributed by atoms with Crippen molar-refractivity contribution >= 4 is 51.6 Å². The quantitative estimate of drug-likeness (QED) is 0.140. The number of ether oxygens (including phenoxy) is 3. The number of carbonyl (C=O) groups is 3. The Bertz CT molecular complexity index is 1350. The lowest BCUT2D eigenvalue weighted by Crippen LogP contribution is -2.15. The second-order valence-corrected chi connectivity index (χ2v) is 9.93. The highest BCUT2D eigenvalue weighted by Crippen LogP contribution is 2.34. The molecule has 1 amide bonds. The molecule has 0 spiro atoms. The number of amides is 1. The van der Waals surface area contributed by atoms with Gasteiger partial charge in [-0.25, -0.2) is 9.59 Å². The van der Waals surface area contributed by atoms with Gasteiger partial charge in [-0.15, -0.1) is 22.7 Å². The molecule has 37 heavy (non-hydrogen) atoms. The van der Waals surface area contributed by atoms with Crippen LogP contribution in [0.15, 0.2) is 47.4 Å². The minimum absolute atomic E-state index is 0.138. The Balaban J connectivity index is 1.86. The summed E-state index contributed by atoms with van der Waals surface area (Å²) in [5.74, 6) is -1.07. The number of nitrogens with zero attached hydrogens (tertiary/aromatic N) is 1. The molecule has 0 saturated heterocycles. The van der Waals surface area contributed by atoms with E-state index in [1.165, 1.54) is 28.7 Å². The number of thiophene rings is 2. The van der Waals surface area contributed by atoms with E-state index < -0.39 is 17.8 Å². The molecule has 0 radical (unpaired) electrons. The Kier molecular flexibility index (Phi) is 9.60. The van der Waals surface area contributed by atoms with E-state index in [-0.39, 0.29) is 29.4 Å². The molecular formula is C27H26N2O6S2. The van der Waals surface area contributed by atoms with Gasteiger partial charge in [0.1, 0.15) is 21.5 Å². The molecule has 2 heterocycles. The number of carbonyl (C=O) groups excluding carboxylic acids is 3. The summed E-state index contributed by atoms with van der Waals surface area (Å²) in [7, 11) is 0. The normalized spacial score (nSPS) is 11.1. The van der Waals surface area contributed by atoms with Crippen LogP contribution in [0.3, 0.4) is 0 Å². The van der Waals surface area contributed by atoms with E-state index in [1.54, 1.807) is 55.6 Å². The summed E-state index contributed by atoms with van der Waals surface area (Å²) >= 11 is 2.53. The van der Waals surface area contributed by atoms with Gasteiger partial charge in [0.15, 0.2) is 11.5 Å². The van der Waals surface area contributed by atoms with Gasteiger partial charge < -0.3 is 19.5 Å². The van der Waals surface area contributed by atoms with Crippen LogP contribution in [0.2, 0.25) is 0 Å². The molecule has 0 atom stereocenters. The van der Waals surface area contributed by atoms with Crippen molar-refractivity contribution in [2.75, 3.05) is 18.5 Å². The van der Waals surface area contributed by atoms with Crippen LogP contribution in [0.4, 0.5) is 5.00 Å². The summed E-state index contributed by atoms with van der Waals surface area (Å²) < 4.78 is 16.2. The van der Waals surface area contributed by atoms with Crippen LogP contribution < -0.4 is 14.8 Å². The first-order valence-corrected chi connectivity index (χ1v) is 13.2. The van der Waals surface area contributed by atoms with Gasteiger partial charge in [0, 0.05) is 4.88 Å². The van der Waals surface area contributed by atoms with Gasteiger partial charge in [0.05, 0.1) is 18.8 Å². The summed E-state index contributed by atoms with van der Waals surface area (Å²) in [6, 6.07) is 11.7. The minimum atomic E-state index is -0.670. The van der Waals surface area contributed by atoms with Crippen molar-refractivity contribution in [3.05, 3.63) is 68.2 Å². The monoisotopic (exact) mass is 538 g/mol. The Morgan fingerprint density at radius 2 is 1.86 bits per heavy atom.